The second kappa shape index (κ2) is 7.74. The van der Waals surface area contributed by atoms with Crippen LogP contribution < -0.4 is 19.6 Å². The van der Waals surface area contributed by atoms with E-state index in [0.29, 0.717) is 29.9 Å². The van der Waals surface area contributed by atoms with Crippen LogP contribution in [0.2, 0.25) is 0 Å². The Morgan fingerprint density at radius 3 is 2.68 bits per heavy atom. The summed E-state index contributed by atoms with van der Waals surface area (Å²) in [4.78, 5) is 24.8. The molecule has 1 fully saturated rings. The van der Waals surface area contributed by atoms with Gasteiger partial charge in [0.1, 0.15) is 17.6 Å². The Morgan fingerprint density at radius 1 is 1.11 bits per heavy atom. The molecular weight excluding hydrogens is 364 g/mol. The summed E-state index contributed by atoms with van der Waals surface area (Å²) < 4.78 is 27.1. The van der Waals surface area contributed by atoms with E-state index in [9.17, 15) is 9.59 Å². The third kappa shape index (κ3) is 3.57. The van der Waals surface area contributed by atoms with E-state index in [1.807, 2.05) is 0 Å². The molecule has 0 spiro atoms. The van der Waals surface area contributed by atoms with Gasteiger partial charge in [0.2, 0.25) is 11.2 Å². The van der Waals surface area contributed by atoms with Crippen LogP contribution in [0.1, 0.15) is 12.8 Å². The topological polar surface area (TPSA) is 84.2 Å². The van der Waals surface area contributed by atoms with Gasteiger partial charge in [-0.1, -0.05) is 12.1 Å². The smallest absolute Gasteiger partial charge is 0.340 e. The zero-order valence-corrected chi connectivity index (χ0v) is 15.2. The van der Waals surface area contributed by atoms with Crippen molar-refractivity contribution in [1.82, 2.24) is 0 Å². The number of fused-ring (bicyclic) bond motifs is 1. The molecule has 3 aromatic rings. The number of methoxy groups -OCH3 is 1. The molecule has 0 saturated carbocycles. The van der Waals surface area contributed by atoms with Crippen molar-refractivity contribution in [3.63, 3.8) is 0 Å². The Kier molecular flexibility index (Phi) is 4.99. The van der Waals surface area contributed by atoms with Crippen LogP contribution in [0.4, 0.5) is 0 Å². The van der Waals surface area contributed by atoms with Crippen molar-refractivity contribution in [2.45, 2.75) is 18.9 Å². The van der Waals surface area contributed by atoms with Gasteiger partial charge < -0.3 is 23.4 Å². The average Bonchev–Trinajstić information content (AvgIpc) is 3.25. The van der Waals surface area contributed by atoms with Gasteiger partial charge in [-0.15, -0.1) is 0 Å². The van der Waals surface area contributed by atoms with E-state index in [2.05, 4.69) is 0 Å². The van der Waals surface area contributed by atoms with E-state index in [0.717, 1.165) is 6.42 Å². The third-order valence-corrected chi connectivity index (χ3v) is 4.41. The SMILES string of the molecule is COc1ccccc1Oc1coc2cc(OC(=O)C3CCCO3)ccc2c1=O. The van der Waals surface area contributed by atoms with Gasteiger partial charge in [-0.3, -0.25) is 4.79 Å². The lowest BCUT2D eigenvalue weighted by Gasteiger charge is -2.11. The Bertz CT molecular complexity index is 1060. The van der Waals surface area contributed by atoms with Crippen molar-refractivity contribution in [3.8, 4) is 23.0 Å². The fourth-order valence-electron chi connectivity index (χ4n) is 2.99. The molecule has 0 amide bonds. The fourth-order valence-corrected chi connectivity index (χ4v) is 2.99. The highest BCUT2D eigenvalue weighted by Crippen LogP contribution is 2.30. The molecule has 1 atom stereocenters. The minimum absolute atomic E-state index is 0.0288. The molecule has 0 aliphatic carbocycles. The summed E-state index contributed by atoms with van der Waals surface area (Å²) in [5, 5.41) is 0.310. The first kappa shape index (κ1) is 18.1. The molecule has 28 heavy (non-hydrogen) atoms. The van der Waals surface area contributed by atoms with Crippen LogP contribution in [-0.2, 0) is 9.53 Å². The summed E-state index contributed by atoms with van der Waals surface area (Å²) in [7, 11) is 1.52. The lowest BCUT2D eigenvalue weighted by Crippen LogP contribution is -2.24. The van der Waals surface area contributed by atoms with Gasteiger partial charge in [0, 0.05) is 12.7 Å². The third-order valence-electron chi connectivity index (χ3n) is 4.41. The first-order valence-corrected chi connectivity index (χ1v) is 8.85. The van der Waals surface area contributed by atoms with E-state index in [1.165, 1.54) is 25.5 Å². The van der Waals surface area contributed by atoms with E-state index >= 15 is 0 Å². The van der Waals surface area contributed by atoms with Crippen molar-refractivity contribution in [3.05, 3.63) is 59.0 Å². The standard InChI is InChI=1S/C21H18O7/c1-24-15-5-2-3-6-16(15)28-19-12-26-18-11-13(8-9-14(18)20(19)22)27-21(23)17-7-4-10-25-17/h2-3,5-6,8-9,11-12,17H,4,7,10H2,1H3. The average molecular weight is 382 g/mol. The molecule has 1 aliphatic heterocycles. The van der Waals surface area contributed by atoms with Crippen molar-refractivity contribution < 1.29 is 28.2 Å². The fraction of sp³-hybridized carbons (Fsp3) is 0.238. The first-order chi connectivity index (χ1) is 13.7. The molecule has 4 rings (SSSR count). The molecule has 7 nitrogen and oxygen atoms in total. The van der Waals surface area contributed by atoms with Crippen molar-refractivity contribution in [2.24, 2.45) is 0 Å². The molecule has 2 heterocycles. The highest BCUT2D eigenvalue weighted by Gasteiger charge is 2.25. The van der Waals surface area contributed by atoms with Crippen LogP contribution in [0.15, 0.2) is 57.9 Å². The summed E-state index contributed by atoms with van der Waals surface area (Å²) >= 11 is 0. The van der Waals surface area contributed by atoms with E-state index in [4.69, 9.17) is 23.4 Å². The molecule has 1 aliphatic rings. The van der Waals surface area contributed by atoms with Crippen molar-refractivity contribution in [2.75, 3.05) is 13.7 Å². The summed E-state index contributed by atoms with van der Waals surface area (Å²) in [6.45, 7) is 0.557. The monoisotopic (exact) mass is 382 g/mol. The Labute approximate surface area is 160 Å². The van der Waals surface area contributed by atoms with E-state index in [-0.39, 0.29) is 22.5 Å². The van der Waals surface area contributed by atoms with Gasteiger partial charge in [-0.2, -0.15) is 0 Å². The zero-order chi connectivity index (χ0) is 19.5. The number of para-hydroxylation sites is 2. The number of ether oxygens (including phenoxy) is 4. The van der Waals surface area contributed by atoms with Crippen LogP contribution in [0.5, 0.6) is 23.0 Å². The van der Waals surface area contributed by atoms with Crippen LogP contribution in [0, 0.1) is 0 Å². The number of hydrogen-bond donors (Lipinski definition) is 0. The number of carbonyl (C=O) groups is 1. The second-order valence-electron chi connectivity index (χ2n) is 6.26. The Balaban J connectivity index is 1.59. The lowest BCUT2D eigenvalue weighted by molar-refractivity contribution is -0.144. The predicted molar refractivity (Wildman–Crippen MR) is 100 cm³/mol. The number of carbonyl (C=O) groups excluding carboxylic acids is 1. The maximum Gasteiger partial charge on any atom is 0.340 e. The second-order valence-corrected chi connectivity index (χ2v) is 6.26. The van der Waals surface area contributed by atoms with Crippen LogP contribution in [0.3, 0.4) is 0 Å². The summed E-state index contributed by atoms with van der Waals surface area (Å²) in [5.74, 6) is 0.767. The van der Waals surface area contributed by atoms with Crippen molar-refractivity contribution >= 4 is 16.9 Å². The quantitative estimate of drug-likeness (QED) is 0.492. The van der Waals surface area contributed by atoms with Gasteiger partial charge in [-0.25, -0.2) is 4.79 Å². The Morgan fingerprint density at radius 2 is 1.93 bits per heavy atom. The van der Waals surface area contributed by atoms with Crippen LogP contribution in [-0.4, -0.2) is 25.8 Å². The molecule has 1 unspecified atom stereocenters. The van der Waals surface area contributed by atoms with Crippen LogP contribution >= 0.6 is 0 Å². The van der Waals surface area contributed by atoms with E-state index < -0.39 is 12.1 Å². The van der Waals surface area contributed by atoms with Crippen molar-refractivity contribution in [1.29, 1.82) is 0 Å². The maximum atomic E-state index is 12.7. The zero-order valence-electron chi connectivity index (χ0n) is 15.2. The highest BCUT2D eigenvalue weighted by molar-refractivity contribution is 5.82. The van der Waals surface area contributed by atoms with Crippen LogP contribution in [0.25, 0.3) is 11.0 Å². The van der Waals surface area contributed by atoms with Gasteiger partial charge in [-0.05, 0) is 37.1 Å². The van der Waals surface area contributed by atoms with Gasteiger partial charge in [0.15, 0.2) is 17.6 Å². The summed E-state index contributed by atoms with van der Waals surface area (Å²) in [6, 6.07) is 11.6. The summed E-state index contributed by atoms with van der Waals surface area (Å²) in [6.07, 6.45) is 2.16. The maximum absolute atomic E-state index is 12.7. The minimum Gasteiger partial charge on any atom is -0.493 e. The number of rotatable bonds is 5. The molecule has 1 aromatic heterocycles. The van der Waals surface area contributed by atoms with E-state index in [1.54, 1.807) is 30.3 Å². The lowest BCUT2D eigenvalue weighted by atomic mass is 10.2. The molecular formula is C21H18O7. The normalized spacial score (nSPS) is 16.1. The molecule has 7 heteroatoms. The Hall–Kier alpha value is -3.32. The number of benzene rings is 2. The number of hydrogen-bond acceptors (Lipinski definition) is 7. The molecule has 144 valence electrons. The molecule has 1 saturated heterocycles. The molecule has 0 bridgehead atoms. The number of esters is 1. The summed E-state index contributed by atoms with van der Waals surface area (Å²) in [5.41, 5.74) is -0.0563. The van der Waals surface area contributed by atoms with Gasteiger partial charge >= 0.3 is 5.97 Å². The predicted octanol–water partition coefficient (Wildman–Crippen LogP) is 3.68. The molecule has 0 N–H and O–H groups in total. The highest BCUT2D eigenvalue weighted by atomic mass is 16.6. The molecule has 0 radical (unpaired) electrons. The van der Waals surface area contributed by atoms with Gasteiger partial charge in [0.05, 0.1) is 12.5 Å². The molecule has 2 aromatic carbocycles. The largest absolute Gasteiger partial charge is 0.493 e. The minimum atomic E-state index is -0.542. The first-order valence-electron chi connectivity index (χ1n) is 8.85. The van der Waals surface area contributed by atoms with Gasteiger partial charge in [0.25, 0.3) is 0 Å².